The molecule has 18 heavy (non-hydrogen) atoms. The lowest BCUT2D eigenvalue weighted by molar-refractivity contribution is 0.796. The lowest BCUT2D eigenvalue weighted by Crippen LogP contribution is -2.01. The molecule has 0 aliphatic carbocycles. The summed E-state index contributed by atoms with van der Waals surface area (Å²) in [5.74, 6) is 0. The third-order valence-corrected chi connectivity index (χ3v) is 3.57. The van der Waals surface area contributed by atoms with E-state index >= 15 is 0 Å². The molecule has 0 spiro atoms. The molecule has 0 saturated carbocycles. The number of benzene rings is 1. The van der Waals surface area contributed by atoms with E-state index in [0.717, 1.165) is 35.1 Å². The van der Waals surface area contributed by atoms with Crippen molar-refractivity contribution in [3.8, 4) is 0 Å². The quantitative estimate of drug-likeness (QED) is 0.879. The Kier molecular flexibility index (Phi) is 3.85. The van der Waals surface area contributed by atoms with E-state index in [0.29, 0.717) is 0 Å². The van der Waals surface area contributed by atoms with Crippen molar-refractivity contribution in [1.82, 2.24) is 4.98 Å². The zero-order chi connectivity index (χ0) is 13.1. The highest BCUT2D eigenvalue weighted by molar-refractivity contribution is 5.92. The van der Waals surface area contributed by atoms with E-state index in [2.05, 4.69) is 37.0 Å². The van der Waals surface area contributed by atoms with Gasteiger partial charge in [-0.1, -0.05) is 26.3 Å². The minimum absolute atomic E-state index is 0.915. The molecule has 0 bridgehead atoms. The molecule has 1 aromatic carbocycles. The molecule has 0 aliphatic rings. The van der Waals surface area contributed by atoms with Crippen LogP contribution in [-0.4, -0.2) is 4.98 Å². The lowest BCUT2D eigenvalue weighted by Gasteiger charge is -2.11. The van der Waals surface area contributed by atoms with E-state index in [1.54, 1.807) is 0 Å². The zero-order valence-corrected chi connectivity index (χ0v) is 11.6. The molecule has 2 aromatic rings. The van der Waals surface area contributed by atoms with E-state index in [-0.39, 0.29) is 0 Å². The van der Waals surface area contributed by atoms with Crippen LogP contribution in [0.2, 0.25) is 0 Å². The summed E-state index contributed by atoms with van der Waals surface area (Å²) in [7, 11) is 0. The van der Waals surface area contributed by atoms with Gasteiger partial charge in [0.1, 0.15) is 0 Å². The Morgan fingerprint density at radius 1 is 1.22 bits per heavy atom. The number of nitrogens with zero attached hydrogens (tertiary/aromatic N) is 1. The number of fused-ring (bicyclic) bond motifs is 1. The SMILES string of the molecule is CCCCc1ccc2nc(C)c(CC)c(N)c2c1. The Morgan fingerprint density at radius 2 is 2.00 bits per heavy atom. The molecule has 0 unspecified atom stereocenters. The summed E-state index contributed by atoms with van der Waals surface area (Å²) in [6.07, 6.45) is 4.52. The first-order valence-corrected chi connectivity index (χ1v) is 6.85. The van der Waals surface area contributed by atoms with Crippen molar-refractivity contribution < 1.29 is 0 Å². The number of pyridine rings is 1. The fourth-order valence-corrected chi connectivity index (χ4v) is 2.48. The maximum Gasteiger partial charge on any atom is 0.0726 e. The van der Waals surface area contributed by atoms with Crippen LogP contribution in [0.1, 0.15) is 43.5 Å². The fourth-order valence-electron chi connectivity index (χ4n) is 2.48. The smallest absolute Gasteiger partial charge is 0.0726 e. The molecular formula is C16H22N2. The van der Waals surface area contributed by atoms with Gasteiger partial charge in [-0.15, -0.1) is 0 Å². The Balaban J connectivity index is 2.54. The minimum atomic E-state index is 0.915. The van der Waals surface area contributed by atoms with Crippen LogP contribution in [0.25, 0.3) is 10.9 Å². The van der Waals surface area contributed by atoms with Crippen LogP contribution in [-0.2, 0) is 12.8 Å². The third-order valence-electron chi connectivity index (χ3n) is 3.57. The predicted molar refractivity (Wildman–Crippen MR) is 78.9 cm³/mol. The van der Waals surface area contributed by atoms with Gasteiger partial charge in [0.2, 0.25) is 0 Å². The Morgan fingerprint density at radius 3 is 2.67 bits per heavy atom. The first-order valence-electron chi connectivity index (χ1n) is 6.85. The molecule has 0 fully saturated rings. The molecule has 1 heterocycles. The zero-order valence-electron chi connectivity index (χ0n) is 11.6. The van der Waals surface area contributed by atoms with Gasteiger partial charge in [-0.05, 0) is 49.4 Å². The normalized spacial score (nSPS) is 11.1. The molecule has 2 N–H and O–H groups in total. The second-order valence-corrected chi connectivity index (χ2v) is 4.90. The molecule has 0 aliphatic heterocycles. The van der Waals surface area contributed by atoms with Crippen LogP contribution in [0, 0.1) is 6.92 Å². The summed E-state index contributed by atoms with van der Waals surface area (Å²) < 4.78 is 0. The van der Waals surface area contributed by atoms with Crippen LogP contribution in [0.5, 0.6) is 0 Å². The average molecular weight is 242 g/mol. The number of unbranched alkanes of at least 4 members (excludes halogenated alkanes) is 1. The molecule has 2 rings (SSSR count). The number of aryl methyl sites for hydroxylation is 2. The number of rotatable bonds is 4. The highest BCUT2D eigenvalue weighted by Crippen LogP contribution is 2.27. The van der Waals surface area contributed by atoms with Gasteiger partial charge in [0, 0.05) is 16.8 Å². The van der Waals surface area contributed by atoms with Crippen molar-refractivity contribution in [2.75, 3.05) is 5.73 Å². The highest BCUT2D eigenvalue weighted by atomic mass is 14.7. The van der Waals surface area contributed by atoms with Gasteiger partial charge in [-0.3, -0.25) is 4.98 Å². The fraction of sp³-hybridized carbons (Fsp3) is 0.438. The van der Waals surface area contributed by atoms with E-state index in [1.165, 1.54) is 24.0 Å². The molecule has 1 aromatic heterocycles. The van der Waals surface area contributed by atoms with Crippen molar-refractivity contribution in [3.05, 3.63) is 35.0 Å². The van der Waals surface area contributed by atoms with Crippen LogP contribution in [0.15, 0.2) is 18.2 Å². The first-order chi connectivity index (χ1) is 8.67. The van der Waals surface area contributed by atoms with Crippen molar-refractivity contribution >= 4 is 16.6 Å². The van der Waals surface area contributed by atoms with Gasteiger partial charge in [-0.2, -0.15) is 0 Å². The molecule has 2 heteroatoms. The minimum Gasteiger partial charge on any atom is -0.398 e. The van der Waals surface area contributed by atoms with Crippen LogP contribution >= 0.6 is 0 Å². The first kappa shape index (κ1) is 12.9. The van der Waals surface area contributed by atoms with E-state index < -0.39 is 0 Å². The van der Waals surface area contributed by atoms with Crippen molar-refractivity contribution in [2.24, 2.45) is 0 Å². The Hall–Kier alpha value is -1.57. The molecule has 0 atom stereocenters. The number of hydrogen-bond donors (Lipinski definition) is 1. The van der Waals surface area contributed by atoms with Gasteiger partial charge >= 0.3 is 0 Å². The maximum atomic E-state index is 6.29. The van der Waals surface area contributed by atoms with Gasteiger partial charge in [0.05, 0.1) is 5.52 Å². The monoisotopic (exact) mass is 242 g/mol. The summed E-state index contributed by atoms with van der Waals surface area (Å²) in [6, 6.07) is 6.49. The molecule has 0 amide bonds. The van der Waals surface area contributed by atoms with Gasteiger partial charge in [0.15, 0.2) is 0 Å². The summed E-state index contributed by atoms with van der Waals surface area (Å²) in [5.41, 5.74) is 11.8. The maximum absolute atomic E-state index is 6.29. The van der Waals surface area contributed by atoms with E-state index in [4.69, 9.17) is 5.73 Å². The predicted octanol–water partition coefficient (Wildman–Crippen LogP) is 4.03. The summed E-state index contributed by atoms with van der Waals surface area (Å²) in [5, 5.41) is 1.12. The standard InChI is InChI=1S/C16H22N2/c1-4-6-7-12-8-9-15-14(10-12)16(17)13(5-2)11(3)18-15/h8-10H,4-7H2,1-3H3,(H2,17,18). The Labute approximate surface area is 109 Å². The van der Waals surface area contributed by atoms with Gasteiger partial charge < -0.3 is 5.73 Å². The van der Waals surface area contributed by atoms with Crippen molar-refractivity contribution in [3.63, 3.8) is 0 Å². The molecule has 2 nitrogen and oxygen atoms in total. The second-order valence-electron chi connectivity index (χ2n) is 4.90. The molecule has 0 saturated heterocycles. The van der Waals surface area contributed by atoms with Crippen LogP contribution in [0.3, 0.4) is 0 Å². The van der Waals surface area contributed by atoms with Crippen molar-refractivity contribution in [1.29, 1.82) is 0 Å². The summed E-state index contributed by atoms with van der Waals surface area (Å²) in [6.45, 7) is 6.39. The largest absolute Gasteiger partial charge is 0.398 e. The summed E-state index contributed by atoms with van der Waals surface area (Å²) >= 11 is 0. The van der Waals surface area contributed by atoms with E-state index in [1.807, 2.05) is 6.92 Å². The molecule has 0 radical (unpaired) electrons. The topological polar surface area (TPSA) is 38.9 Å². The average Bonchev–Trinajstić information content (AvgIpc) is 2.37. The molecular weight excluding hydrogens is 220 g/mol. The van der Waals surface area contributed by atoms with Crippen LogP contribution in [0.4, 0.5) is 5.69 Å². The van der Waals surface area contributed by atoms with Gasteiger partial charge in [-0.25, -0.2) is 0 Å². The number of nitrogens with two attached hydrogens (primary N) is 1. The number of hydrogen-bond acceptors (Lipinski definition) is 2. The highest BCUT2D eigenvalue weighted by Gasteiger charge is 2.09. The van der Waals surface area contributed by atoms with Crippen molar-refractivity contribution in [2.45, 2.75) is 46.5 Å². The van der Waals surface area contributed by atoms with Gasteiger partial charge in [0.25, 0.3) is 0 Å². The molecule has 96 valence electrons. The lowest BCUT2D eigenvalue weighted by atomic mass is 10.0. The number of aromatic nitrogens is 1. The Bertz CT molecular complexity index is 559. The van der Waals surface area contributed by atoms with E-state index in [9.17, 15) is 0 Å². The van der Waals surface area contributed by atoms with Crippen LogP contribution < -0.4 is 5.73 Å². The summed E-state index contributed by atoms with van der Waals surface area (Å²) in [4.78, 5) is 4.65. The second kappa shape index (κ2) is 5.38. The number of nitrogen functional groups attached to an aromatic ring is 1. The number of anilines is 1. The third kappa shape index (κ3) is 2.33.